The number of rotatable bonds is 8. The van der Waals surface area contributed by atoms with Gasteiger partial charge in [-0.1, -0.05) is 32.9 Å². The fourth-order valence-corrected chi connectivity index (χ4v) is 2.35. The SMILES string of the molecule is CCC(C)OC(=O)CN(C(=O)c1cccc(C(C)CC)c1)C(C)C. The summed E-state index contributed by atoms with van der Waals surface area (Å²) < 4.78 is 5.31. The third kappa shape index (κ3) is 5.66. The van der Waals surface area contributed by atoms with Crippen molar-refractivity contribution in [2.24, 2.45) is 0 Å². The topological polar surface area (TPSA) is 46.6 Å². The first-order valence-electron chi connectivity index (χ1n) is 8.90. The Balaban J connectivity index is 2.92. The smallest absolute Gasteiger partial charge is 0.325 e. The Kier molecular flexibility index (Phi) is 7.96. The Morgan fingerprint density at radius 2 is 1.75 bits per heavy atom. The van der Waals surface area contributed by atoms with E-state index in [1.54, 1.807) is 4.90 Å². The van der Waals surface area contributed by atoms with Gasteiger partial charge in [-0.15, -0.1) is 0 Å². The minimum absolute atomic E-state index is 0.0194. The van der Waals surface area contributed by atoms with Gasteiger partial charge in [-0.25, -0.2) is 0 Å². The molecule has 0 aliphatic heterocycles. The van der Waals surface area contributed by atoms with Crippen molar-refractivity contribution in [3.63, 3.8) is 0 Å². The van der Waals surface area contributed by atoms with Crippen LogP contribution in [0, 0.1) is 0 Å². The number of carbonyl (C=O) groups excluding carboxylic acids is 2. The quantitative estimate of drug-likeness (QED) is 0.663. The fraction of sp³-hybridized carbons (Fsp3) is 0.600. The molecule has 2 atom stereocenters. The number of nitrogens with zero attached hydrogens (tertiary/aromatic N) is 1. The van der Waals surface area contributed by atoms with Crippen LogP contribution in [0.4, 0.5) is 0 Å². The maximum Gasteiger partial charge on any atom is 0.325 e. The lowest BCUT2D eigenvalue weighted by Gasteiger charge is -2.27. The Morgan fingerprint density at radius 3 is 2.29 bits per heavy atom. The van der Waals surface area contributed by atoms with Crippen molar-refractivity contribution in [1.82, 2.24) is 4.90 Å². The monoisotopic (exact) mass is 333 g/mol. The second kappa shape index (κ2) is 9.45. The number of amides is 1. The van der Waals surface area contributed by atoms with Crippen LogP contribution in [0.15, 0.2) is 24.3 Å². The van der Waals surface area contributed by atoms with Gasteiger partial charge in [0, 0.05) is 11.6 Å². The first-order valence-corrected chi connectivity index (χ1v) is 8.90. The predicted octanol–water partition coefficient (Wildman–Crippen LogP) is 4.39. The van der Waals surface area contributed by atoms with Crippen molar-refractivity contribution in [1.29, 1.82) is 0 Å². The van der Waals surface area contributed by atoms with E-state index in [2.05, 4.69) is 13.8 Å². The van der Waals surface area contributed by atoms with Crippen LogP contribution >= 0.6 is 0 Å². The Hall–Kier alpha value is -1.84. The molecule has 0 aliphatic rings. The summed E-state index contributed by atoms with van der Waals surface area (Å²) in [5, 5.41) is 0. The largest absolute Gasteiger partial charge is 0.461 e. The van der Waals surface area contributed by atoms with Crippen molar-refractivity contribution in [2.75, 3.05) is 6.54 Å². The highest BCUT2D eigenvalue weighted by Crippen LogP contribution is 2.20. The lowest BCUT2D eigenvalue weighted by atomic mass is 9.96. The predicted molar refractivity (Wildman–Crippen MR) is 97.2 cm³/mol. The minimum atomic E-state index is -0.357. The van der Waals surface area contributed by atoms with Gasteiger partial charge in [-0.05, 0) is 57.2 Å². The Bertz CT molecular complexity index is 554. The molecule has 134 valence electrons. The van der Waals surface area contributed by atoms with Crippen molar-refractivity contribution in [2.45, 2.75) is 72.4 Å². The van der Waals surface area contributed by atoms with E-state index in [0.717, 1.165) is 18.4 Å². The van der Waals surface area contributed by atoms with E-state index in [-0.39, 0.29) is 30.6 Å². The molecule has 0 spiro atoms. The average Bonchev–Trinajstić information content (AvgIpc) is 2.57. The van der Waals surface area contributed by atoms with Gasteiger partial charge in [0.2, 0.25) is 0 Å². The van der Waals surface area contributed by atoms with E-state index in [0.29, 0.717) is 11.5 Å². The molecular formula is C20H31NO3. The van der Waals surface area contributed by atoms with Crippen molar-refractivity contribution < 1.29 is 14.3 Å². The van der Waals surface area contributed by atoms with Crippen LogP contribution < -0.4 is 0 Å². The lowest BCUT2D eigenvalue weighted by Crippen LogP contribution is -2.41. The number of ether oxygens (including phenoxy) is 1. The molecule has 0 radical (unpaired) electrons. The maximum atomic E-state index is 12.9. The van der Waals surface area contributed by atoms with Crippen LogP contribution in [0.25, 0.3) is 0 Å². The molecule has 1 aromatic carbocycles. The summed E-state index contributed by atoms with van der Waals surface area (Å²) in [4.78, 5) is 26.5. The molecule has 0 aromatic heterocycles. The summed E-state index contributed by atoms with van der Waals surface area (Å²) in [6.07, 6.45) is 1.65. The zero-order valence-corrected chi connectivity index (χ0v) is 15.8. The summed E-state index contributed by atoms with van der Waals surface area (Å²) in [5.41, 5.74) is 1.77. The van der Waals surface area contributed by atoms with Gasteiger partial charge in [-0.2, -0.15) is 0 Å². The van der Waals surface area contributed by atoms with E-state index >= 15 is 0 Å². The van der Waals surface area contributed by atoms with Gasteiger partial charge >= 0.3 is 5.97 Å². The first kappa shape index (κ1) is 20.2. The first-order chi connectivity index (χ1) is 11.3. The van der Waals surface area contributed by atoms with Crippen LogP contribution in [0.2, 0.25) is 0 Å². The van der Waals surface area contributed by atoms with Crippen LogP contribution in [0.3, 0.4) is 0 Å². The summed E-state index contributed by atoms with van der Waals surface area (Å²) in [6.45, 7) is 11.9. The molecule has 0 aliphatic carbocycles. The van der Waals surface area contributed by atoms with Gasteiger partial charge in [0.05, 0.1) is 6.10 Å². The number of carbonyl (C=O) groups is 2. The number of benzene rings is 1. The zero-order valence-electron chi connectivity index (χ0n) is 15.8. The summed E-state index contributed by atoms with van der Waals surface area (Å²) >= 11 is 0. The number of hydrogen-bond acceptors (Lipinski definition) is 3. The molecule has 0 bridgehead atoms. The van der Waals surface area contributed by atoms with E-state index in [1.165, 1.54) is 0 Å². The van der Waals surface area contributed by atoms with Gasteiger partial charge in [0.1, 0.15) is 6.54 Å². The van der Waals surface area contributed by atoms with Crippen molar-refractivity contribution in [3.8, 4) is 0 Å². The summed E-state index contributed by atoms with van der Waals surface area (Å²) in [7, 11) is 0. The van der Waals surface area contributed by atoms with Crippen LogP contribution in [0.1, 0.15) is 76.2 Å². The van der Waals surface area contributed by atoms with E-state index in [4.69, 9.17) is 4.74 Å². The van der Waals surface area contributed by atoms with Gasteiger partial charge in [-0.3, -0.25) is 9.59 Å². The van der Waals surface area contributed by atoms with Gasteiger partial charge in [0.15, 0.2) is 0 Å². The Morgan fingerprint density at radius 1 is 1.08 bits per heavy atom. The molecule has 1 rings (SSSR count). The maximum absolute atomic E-state index is 12.9. The average molecular weight is 333 g/mol. The second-order valence-corrected chi connectivity index (χ2v) is 6.67. The highest BCUT2D eigenvalue weighted by Gasteiger charge is 2.23. The molecule has 0 saturated carbocycles. The van der Waals surface area contributed by atoms with Gasteiger partial charge < -0.3 is 9.64 Å². The summed E-state index contributed by atoms with van der Waals surface area (Å²) in [6, 6.07) is 7.62. The van der Waals surface area contributed by atoms with Crippen molar-refractivity contribution >= 4 is 11.9 Å². The normalized spacial score (nSPS) is 13.5. The molecule has 0 saturated heterocycles. The minimum Gasteiger partial charge on any atom is -0.461 e. The highest BCUT2D eigenvalue weighted by atomic mass is 16.5. The third-order valence-corrected chi connectivity index (χ3v) is 4.41. The van der Waals surface area contributed by atoms with Crippen molar-refractivity contribution in [3.05, 3.63) is 35.4 Å². The molecule has 1 aromatic rings. The molecule has 0 N–H and O–H groups in total. The second-order valence-electron chi connectivity index (χ2n) is 6.67. The standard InChI is InChI=1S/C20H31NO3/c1-7-15(5)17-10-9-11-18(12-17)20(23)21(14(3)4)13-19(22)24-16(6)8-2/h9-12,14-16H,7-8,13H2,1-6H3. The van der Waals surface area contributed by atoms with Crippen LogP contribution in [-0.4, -0.2) is 35.5 Å². The van der Waals surface area contributed by atoms with E-state index < -0.39 is 0 Å². The Labute approximate surface area is 146 Å². The number of hydrogen-bond donors (Lipinski definition) is 0. The molecule has 2 unspecified atom stereocenters. The van der Waals surface area contributed by atoms with E-state index in [1.807, 2.05) is 52.0 Å². The fourth-order valence-electron chi connectivity index (χ4n) is 2.35. The molecule has 0 fully saturated rings. The molecule has 4 nitrogen and oxygen atoms in total. The van der Waals surface area contributed by atoms with Gasteiger partial charge in [0.25, 0.3) is 5.91 Å². The molecular weight excluding hydrogens is 302 g/mol. The number of esters is 1. The molecule has 4 heteroatoms. The van der Waals surface area contributed by atoms with Crippen LogP contribution in [-0.2, 0) is 9.53 Å². The highest BCUT2D eigenvalue weighted by molar-refractivity contribution is 5.96. The molecule has 24 heavy (non-hydrogen) atoms. The van der Waals surface area contributed by atoms with Crippen LogP contribution in [0.5, 0.6) is 0 Å². The zero-order chi connectivity index (χ0) is 18.3. The van der Waals surface area contributed by atoms with E-state index in [9.17, 15) is 9.59 Å². The summed E-state index contributed by atoms with van der Waals surface area (Å²) in [5.74, 6) is -0.0821. The molecule has 0 heterocycles. The third-order valence-electron chi connectivity index (χ3n) is 4.41. The molecule has 1 amide bonds. The lowest BCUT2D eigenvalue weighted by molar-refractivity contribution is -0.149.